The van der Waals surface area contributed by atoms with Crippen LogP contribution in [0.25, 0.3) is 10.9 Å². The van der Waals surface area contributed by atoms with E-state index in [2.05, 4.69) is 36.3 Å². The van der Waals surface area contributed by atoms with Gasteiger partial charge in [-0.15, -0.1) is 0 Å². The number of phenolic OH excluding ortho intramolecular Hbond substituents is 1. The number of aromatic hydroxyl groups is 1. The number of nitrogens with one attached hydrogen (secondary N) is 1. The quantitative estimate of drug-likeness (QED) is 0.505. The first kappa shape index (κ1) is 22.1. The van der Waals surface area contributed by atoms with Crippen LogP contribution in [0.5, 0.6) is 5.75 Å². The molecule has 1 aromatic heterocycles. The van der Waals surface area contributed by atoms with Crippen LogP contribution in [0, 0.1) is 0 Å². The highest BCUT2D eigenvalue weighted by Crippen LogP contribution is 2.29. The van der Waals surface area contributed by atoms with E-state index in [0.29, 0.717) is 23.5 Å². The summed E-state index contributed by atoms with van der Waals surface area (Å²) in [6, 6.07) is 11.5. The monoisotopic (exact) mass is 409 g/mol. The Kier molecular flexibility index (Phi) is 6.64. The van der Waals surface area contributed by atoms with Crippen molar-refractivity contribution >= 4 is 10.9 Å². The average molecular weight is 410 g/mol. The Bertz CT molecular complexity index is 1070. The number of nitrogens with two attached hydrogens (primary N) is 1. The number of aromatic amines is 1. The Morgan fingerprint density at radius 1 is 1.07 bits per heavy atom. The Morgan fingerprint density at radius 3 is 2.30 bits per heavy atom. The van der Waals surface area contributed by atoms with E-state index in [1.807, 2.05) is 0 Å². The summed E-state index contributed by atoms with van der Waals surface area (Å²) in [5, 5.41) is 23.8. The van der Waals surface area contributed by atoms with Gasteiger partial charge < -0.3 is 20.5 Å². The van der Waals surface area contributed by atoms with Gasteiger partial charge in [0, 0.05) is 24.3 Å². The molecule has 5 N–H and O–H groups in total. The van der Waals surface area contributed by atoms with Crippen LogP contribution in [0.3, 0.4) is 0 Å². The second kappa shape index (κ2) is 9.02. The van der Waals surface area contributed by atoms with Crippen molar-refractivity contribution in [3.63, 3.8) is 0 Å². The molecule has 2 aromatic carbocycles. The summed E-state index contributed by atoms with van der Waals surface area (Å²) in [6.45, 7) is 4.97. The van der Waals surface area contributed by atoms with E-state index >= 15 is 0 Å². The van der Waals surface area contributed by atoms with Crippen LogP contribution in [0.1, 0.15) is 55.2 Å². The predicted molar refractivity (Wildman–Crippen MR) is 121 cm³/mol. The van der Waals surface area contributed by atoms with Gasteiger partial charge in [0.25, 0.3) is 0 Å². The van der Waals surface area contributed by atoms with E-state index in [1.54, 1.807) is 12.1 Å². The number of hydrogen-bond acceptors (Lipinski definition) is 3. The van der Waals surface area contributed by atoms with Crippen LogP contribution in [0.4, 0.5) is 0 Å². The molecular weight excluding hydrogens is 376 g/mol. The maximum Gasteiger partial charge on any atom is 0.248 e. The van der Waals surface area contributed by atoms with Crippen molar-refractivity contribution in [3.8, 4) is 5.75 Å². The van der Waals surface area contributed by atoms with Crippen molar-refractivity contribution in [1.29, 1.82) is 0 Å². The summed E-state index contributed by atoms with van der Waals surface area (Å²) in [6.07, 6.45) is 3.52. The predicted octanol–water partition coefficient (Wildman–Crippen LogP) is 2.76. The molecule has 0 saturated heterocycles. The molecule has 3 aromatic rings. The molecule has 1 aliphatic rings. The van der Waals surface area contributed by atoms with Gasteiger partial charge in [0.1, 0.15) is 18.4 Å². The highest BCUT2D eigenvalue weighted by Gasteiger charge is 2.26. The average Bonchev–Trinajstić information content (AvgIpc) is 3.13. The van der Waals surface area contributed by atoms with E-state index in [-0.39, 0.29) is 18.7 Å². The van der Waals surface area contributed by atoms with E-state index < -0.39 is 6.10 Å². The second-order valence-electron chi connectivity index (χ2n) is 8.04. The largest absolute Gasteiger partial charge is 0.506 e. The van der Waals surface area contributed by atoms with Gasteiger partial charge in [-0.05, 0) is 52.8 Å². The number of aryl methyl sites for hydroxylation is 2. The molecule has 0 spiro atoms. The third-order valence-electron chi connectivity index (χ3n) is 6.21. The van der Waals surface area contributed by atoms with Gasteiger partial charge in [0.15, 0.2) is 0 Å². The highest BCUT2D eigenvalue weighted by molar-refractivity contribution is 5.87. The molecule has 0 radical (unpaired) electrons. The van der Waals surface area contributed by atoms with Crippen molar-refractivity contribution in [2.24, 2.45) is 0 Å². The smallest absolute Gasteiger partial charge is 0.248 e. The number of aromatic nitrogens is 1. The maximum absolute atomic E-state index is 11.6. The molecule has 4 rings (SSSR count). The van der Waals surface area contributed by atoms with E-state index in [0.717, 1.165) is 31.2 Å². The van der Waals surface area contributed by atoms with E-state index in [9.17, 15) is 15.0 Å². The zero-order valence-electron chi connectivity index (χ0n) is 17.0. The highest BCUT2D eigenvalue weighted by atomic mass is 16.3. The van der Waals surface area contributed by atoms with Crippen molar-refractivity contribution in [3.05, 3.63) is 74.6 Å². The minimum Gasteiger partial charge on any atom is -0.506 e. The summed E-state index contributed by atoms with van der Waals surface area (Å²) >= 11 is 0. The number of aliphatic hydroxyl groups is 1. The number of phenols is 1. The number of benzene rings is 2. The lowest BCUT2D eigenvalue weighted by Gasteiger charge is -2.16. The standard InChI is InChI=1S/C24H28N2O3.CH4/c1-3-14-9-16-11-18(12-17(16)10-15(14)4-2)25-13-22(28)19-5-7-21(27)24-20(19)6-8-23(29)26-24;/h5-10,18,22,25,27-28H,3-4,11-13H2,1-2H3,(H,26,29);1H4/p+1/t22-;/m0./s1. The van der Waals surface area contributed by atoms with Crippen LogP contribution in [0.2, 0.25) is 0 Å². The Hall–Kier alpha value is -2.63. The molecule has 0 fully saturated rings. The zero-order valence-corrected chi connectivity index (χ0v) is 17.0. The molecular formula is C25H33N2O3+. The molecule has 0 saturated carbocycles. The molecule has 5 nitrogen and oxygen atoms in total. The molecule has 0 aliphatic heterocycles. The summed E-state index contributed by atoms with van der Waals surface area (Å²) in [4.78, 5) is 14.2. The van der Waals surface area contributed by atoms with Gasteiger partial charge in [0.05, 0.1) is 11.6 Å². The maximum atomic E-state index is 11.6. The fraction of sp³-hybridized carbons (Fsp3) is 0.400. The molecule has 0 bridgehead atoms. The van der Waals surface area contributed by atoms with E-state index in [1.165, 1.54) is 34.4 Å². The number of H-pyrrole nitrogens is 1. The minimum absolute atomic E-state index is 0. The lowest BCUT2D eigenvalue weighted by atomic mass is 9.97. The van der Waals surface area contributed by atoms with Crippen LogP contribution in [-0.2, 0) is 25.7 Å². The van der Waals surface area contributed by atoms with Crippen molar-refractivity contribution in [2.75, 3.05) is 6.54 Å². The van der Waals surface area contributed by atoms with Crippen LogP contribution in [0.15, 0.2) is 41.2 Å². The van der Waals surface area contributed by atoms with Crippen molar-refractivity contribution in [2.45, 2.75) is 59.1 Å². The van der Waals surface area contributed by atoms with Gasteiger partial charge in [0.2, 0.25) is 5.56 Å². The first-order valence-electron chi connectivity index (χ1n) is 10.5. The van der Waals surface area contributed by atoms with Crippen molar-refractivity contribution in [1.82, 2.24) is 4.98 Å². The molecule has 0 unspecified atom stereocenters. The summed E-state index contributed by atoms with van der Waals surface area (Å²) in [7, 11) is 0. The Labute approximate surface area is 177 Å². The van der Waals surface area contributed by atoms with Gasteiger partial charge >= 0.3 is 0 Å². The van der Waals surface area contributed by atoms with Gasteiger partial charge in [-0.25, -0.2) is 0 Å². The molecule has 1 atom stereocenters. The van der Waals surface area contributed by atoms with Crippen LogP contribution in [-0.4, -0.2) is 27.8 Å². The lowest BCUT2D eigenvalue weighted by molar-refractivity contribution is -0.693. The molecule has 30 heavy (non-hydrogen) atoms. The number of quaternary nitrogens is 1. The number of pyridine rings is 1. The first-order chi connectivity index (χ1) is 14.0. The zero-order chi connectivity index (χ0) is 20.5. The van der Waals surface area contributed by atoms with Gasteiger partial charge in [-0.1, -0.05) is 39.5 Å². The topological polar surface area (TPSA) is 89.9 Å². The summed E-state index contributed by atoms with van der Waals surface area (Å²) in [5.74, 6) is 0.0160. The van der Waals surface area contributed by atoms with Gasteiger partial charge in [-0.3, -0.25) is 4.79 Å². The molecule has 160 valence electrons. The Balaban J connectivity index is 0.00000256. The third kappa shape index (κ3) is 4.13. The number of rotatable bonds is 6. The number of fused-ring (bicyclic) bond motifs is 2. The molecule has 1 aliphatic carbocycles. The van der Waals surface area contributed by atoms with Crippen molar-refractivity contribution < 1.29 is 15.5 Å². The Morgan fingerprint density at radius 2 is 1.70 bits per heavy atom. The summed E-state index contributed by atoms with van der Waals surface area (Å²) < 4.78 is 0. The van der Waals surface area contributed by atoms with Crippen LogP contribution < -0.4 is 10.9 Å². The fourth-order valence-corrected chi connectivity index (χ4v) is 4.63. The van der Waals surface area contributed by atoms with Gasteiger partial charge in [-0.2, -0.15) is 0 Å². The lowest BCUT2D eigenvalue weighted by Crippen LogP contribution is -2.91. The molecule has 1 heterocycles. The van der Waals surface area contributed by atoms with Crippen LogP contribution >= 0.6 is 0 Å². The minimum atomic E-state index is -0.676. The molecule has 0 amide bonds. The second-order valence-corrected chi connectivity index (χ2v) is 8.04. The first-order valence-corrected chi connectivity index (χ1v) is 10.5. The molecule has 5 heteroatoms. The number of aliphatic hydroxyl groups excluding tert-OH is 1. The normalized spacial score (nSPS) is 14.5. The fourth-order valence-electron chi connectivity index (χ4n) is 4.63. The summed E-state index contributed by atoms with van der Waals surface area (Å²) in [5.41, 5.74) is 6.63. The number of hydrogen-bond donors (Lipinski definition) is 4. The third-order valence-corrected chi connectivity index (χ3v) is 6.21. The SMILES string of the molecule is C.CCc1cc2c(cc1CC)CC([NH2+]C[C@H](O)c1ccc(O)c3[nH]c(=O)ccc13)C2. The van der Waals surface area contributed by atoms with E-state index in [4.69, 9.17) is 0 Å².